The van der Waals surface area contributed by atoms with Crippen LogP contribution in [-0.4, -0.2) is 10.9 Å². The summed E-state index contributed by atoms with van der Waals surface area (Å²) in [5.74, 6) is 1.19. The van der Waals surface area contributed by atoms with E-state index in [1.165, 1.54) is 6.08 Å². The number of nitrogens with zero attached hydrogens (tertiary/aromatic N) is 1. The van der Waals surface area contributed by atoms with Crippen molar-refractivity contribution in [3.05, 3.63) is 77.4 Å². The molecule has 0 aliphatic rings. The first-order valence-corrected chi connectivity index (χ1v) is 8.62. The van der Waals surface area contributed by atoms with Gasteiger partial charge in [0.25, 0.3) is 0 Å². The van der Waals surface area contributed by atoms with Crippen LogP contribution in [0.2, 0.25) is 0 Å². The highest BCUT2D eigenvalue weighted by Crippen LogP contribution is 2.33. The summed E-state index contributed by atoms with van der Waals surface area (Å²) in [7, 11) is 0. The summed E-state index contributed by atoms with van der Waals surface area (Å²) in [6, 6.07) is 15.1. The highest BCUT2D eigenvalue weighted by atomic mass is 79.9. The van der Waals surface area contributed by atoms with Crippen molar-refractivity contribution in [2.75, 3.05) is 0 Å². The van der Waals surface area contributed by atoms with Gasteiger partial charge in [-0.05, 0) is 55.0 Å². The Morgan fingerprint density at radius 3 is 2.72 bits per heavy atom. The molecule has 0 bridgehead atoms. The minimum absolute atomic E-state index is 0.168. The lowest BCUT2D eigenvalue weighted by Crippen LogP contribution is -2.24. The van der Waals surface area contributed by atoms with Crippen LogP contribution in [0.1, 0.15) is 18.5 Å². The quantitative estimate of drug-likeness (QED) is 0.606. The van der Waals surface area contributed by atoms with Crippen molar-refractivity contribution in [2.45, 2.75) is 13.0 Å². The molecule has 0 saturated heterocycles. The molecule has 1 atom stereocenters. The number of amides is 1. The average molecular weight is 397 g/mol. The SMILES string of the molecule is C=CC(=O)NC(C)c1ccc(Oc2ccc(Br)cc2)c2ncccc12. The summed E-state index contributed by atoms with van der Waals surface area (Å²) in [4.78, 5) is 16.1. The van der Waals surface area contributed by atoms with E-state index in [4.69, 9.17) is 4.74 Å². The van der Waals surface area contributed by atoms with E-state index >= 15 is 0 Å². The fourth-order valence-corrected chi connectivity index (χ4v) is 2.87. The van der Waals surface area contributed by atoms with E-state index in [0.29, 0.717) is 5.75 Å². The van der Waals surface area contributed by atoms with Crippen molar-refractivity contribution in [1.82, 2.24) is 10.3 Å². The second-order valence-corrected chi connectivity index (χ2v) is 6.46. The number of aromatic nitrogens is 1. The van der Waals surface area contributed by atoms with Crippen molar-refractivity contribution in [2.24, 2.45) is 0 Å². The summed E-state index contributed by atoms with van der Waals surface area (Å²) in [5, 5.41) is 3.82. The standard InChI is InChI=1S/C20H17BrN2O2/c1-3-19(24)23-13(2)16-10-11-18(20-17(16)5-4-12-22-20)25-15-8-6-14(21)7-9-15/h3-13H,1H2,2H3,(H,23,24). The summed E-state index contributed by atoms with van der Waals surface area (Å²) in [6.45, 7) is 5.42. The lowest BCUT2D eigenvalue weighted by molar-refractivity contribution is -0.117. The molecule has 126 valence electrons. The summed E-state index contributed by atoms with van der Waals surface area (Å²) in [5.41, 5.74) is 1.73. The fraction of sp³-hybridized carbons (Fsp3) is 0.100. The minimum Gasteiger partial charge on any atom is -0.455 e. The topological polar surface area (TPSA) is 51.2 Å². The Hall–Kier alpha value is -2.66. The lowest BCUT2D eigenvalue weighted by Gasteiger charge is -2.17. The maximum atomic E-state index is 11.6. The van der Waals surface area contributed by atoms with Crippen LogP contribution in [-0.2, 0) is 4.79 Å². The molecular formula is C20H17BrN2O2. The Balaban J connectivity index is 1.99. The van der Waals surface area contributed by atoms with Crippen LogP contribution >= 0.6 is 15.9 Å². The molecule has 0 radical (unpaired) electrons. The van der Waals surface area contributed by atoms with Gasteiger partial charge in [-0.25, -0.2) is 0 Å². The Morgan fingerprint density at radius 1 is 1.24 bits per heavy atom. The predicted molar refractivity (Wildman–Crippen MR) is 103 cm³/mol. The van der Waals surface area contributed by atoms with Gasteiger partial charge in [0.1, 0.15) is 11.3 Å². The van der Waals surface area contributed by atoms with Gasteiger partial charge in [0, 0.05) is 16.1 Å². The predicted octanol–water partition coefficient (Wildman–Crippen LogP) is 5.15. The Morgan fingerprint density at radius 2 is 2.00 bits per heavy atom. The van der Waals surface area contributed by atoms with Crippen LogP contribution in [0.15, 0.2) is 71.9 Å². The number of hydrogen-bond acceptors (Lipinski definition) is 3. The second-order valence-electron chi connectivity index (χ2n) is 5.54. The third kappa shape index (κ3) is 3.88. The molecule has 0 aliphatic heterocycles. The van der Waals surface area contributed by atoms with E-state index in [0.717, 1.165) is 26.7 Å². The smallest absolute Gasteiger partial charge is 0.243 e. The van der Waals surface area contributed by atoms with Gasteiger partial charge in [-0.15, -0.1) is 0 Å². The molecule has 1 N–H and O–H groups in total. The van der Waals surface area contributed by atoms with Crippen LogP contribution in [0.3, 0.4) is 0 Å². The van der Waals surface area contributed by atoms with E-state index in [1.807, 2.05) is 55.5 Å². The van der Waals surface area contributed by atoms with E-state index < -0.39 is 0 Å². The number of fused-ring (bicyclic) bond motifs is 1. The number of hydrogen-bond donors (Lipinski definition) is 1. The highest BCUT2D eigenvalue weighted by molar-refractivity contribution is 9.10. The van der Waals surface area contributed by atoms with E-state index in [9.17, 15) is 4.79 Å². The maximum absolute atomic E-state index is 11.6. The number of benzene rings is 2. The molecule has 3 rings (SSSR count). The molecule has 25 heavy (non-hydrogen) atoms. The number of carbonyl (C=O) groups is 1. The Bertz CT molecular complexity index is 923. The van der Waals surface area contributed by atoms with Crippen molar-refractivity contribution < 1.29 is 9.53 Å². The van der Waals surface area contributed by atoms with Crippen LogP contribution in [0.25, 0.3) is 10.9 Å². The van der Waals surface area contributed by atoms with Gasteiger partial charge in [0.15, 0.2) is 5.75 Å². The molecular weight excluding hydrogens is 380 g/mol. The normalized spacial score (nSPS) is 11.8. The molecule has 5 heteroatoms. The molecule has 0 fully saturated rings. The molecule has 1 heterocycles. The first-order chi connectivity index (χ1) is 12.1. The molecule has 0 spiro atoms. The van der Waals surface area contributed by atoms with Gasteiger partial charge in [0.05, 0.1) is 6.04 Å². The summed E-state index contributed by atoms with van der Waals surface area (Å²) >= 11 is 3.41. The monoisotopic (exact) mass is 396 g/mol. The molecule has 0 saturated carbocycles. The summed E-state index contributed by atoms with van der Waals surface area (Å²) < 4.78 is 6.99. The van der Waals surface area contributed by atoms with Gasteiger partial charge in [-0.1, -0.05) is 34.6 Å². The van der Waals surface area contributed by atoms with Crippen LogP contribution in [0, 0.1) is 0 Å². The zero-order chi connectivity index (χ0) is 17.8. The number of nitrogens with one attached hydrogen (secondary N) is 1. The molecule has 0 aliphatic carbocycles. The highest BCUT2D eigenvalue weighted by Gasteiger charge is 2.14. The van der Waals surface area contributed by atoms with Crippen molar-refractivity contribution in [1.29, 1.82) is 0 Å². The zero-order valence-electron chi connectivity index (χ0n) is 13.7. The molecule has 2 aromatic carbocycles. The minimum atomic E-state index is -0.209. The maximum Gasteiger partial charge on any atom is 0.243 e. The van der Waals surface area contributed by atoms with E-state index in [2.05, 4.69) is 32.8 Å². The third-order valence-corrected chi connectivity index (χ3v) is 4.35. The first kappa shape index (κ1) is 17.2. The Labute approximate surface area is 154 Å². The molecule has 1 unspecified atom stereocenters. The van der Waals surface area contributed by atoms with Gasteiger partial charge < -0.3 is 10.1 Å². The molecule has 1 aromatic heterocycles. The van der Waals surface area contributed by atoms with Crippen LogP contribution < -0.4 is 10.1 Å². The third-order valence-electron chi connectivity index (χ3n) is 3.82. The van der Waals surface area contributed by atoms with Gasteiger partial charge >= 0.3 is 0 Å². The van der Waals surface area contributed by atoms with Crippen molar-refractivity contribution >= 4 is 32.7 Å². The Kier molecular flexibility index (Phi) is 5.14. The molecule has 1 amide bonds. The largest absolute Gasteiger partial charge is 0.455 e. The fourth-order valence-electron chi connectivity index (χ4n) is 2.61. The van der Waals surface area contributed by atoms with Gasteiger partial charge in [0.2, 0.25) is 5.91 Å². The number of ether oxygens (including phenoxy) is 1. The van der Waals surface area contributed by atoms with Gasteiger partial charge in [-0.2, -0.15) is 0 Å². The van der Waals surface area contributed by atoms with Crippen LogP contribution in [0.4, 0.5) is 0 Å². The lowest BCUT2D eigenvalue weighted by atomic mass is 10.0. The van der Waals surface area contributed by atoms with Gasteiger partial charge in [-0.3, -0.25) is 9.78 Å². The summed E-state index contributed by atoms with van der Waals surface area (Å²) in [6.07, 6.45) is 3.00. The number of pyridine rings is 1. The average Bonchev–Trinajstić information content (AvgIpc) is 2.63. The zero-order valence-corrected chi connectivity index (χ0v) is 15.3. The molecule has 3 aromatic rings. The van der Waals surface area contributed by atoms with E-state index in [-0.39, 0.29) is 11.9 Å². The number of halogens is 1. The van der Waals surface area contributed by atoms with Crippen molar-refractivity contribution in [3.63, 3.8) is 0 Å². The van der Waals surface area contributed by atoms with E-state index in [1.54, 1.807) is 6.20 Å². The number of rotatable bonds is 5. The van der Waals surface area contributed by atoms with Crippen molar-refractivity contribution in [3.8, 4) is 11.5 Å². The first-order valence-electron chi connectivity index (χ1n) is 7.82. The second kappa shape index (κ2) is 7.49. The molecule has 4 nitrogen and oxygen atoms in total. The number of carbonyl (C=O) groups excluding carboxylic acids is 1. The van der Waals surface area contributed by atoms with Crippen LogP contribution in [0.5, 0.6) is 11.5 Å².